The summed E-state index contributed by atoms with van der Waals surface area (Å²) in [4.78, 5) is 14.4. The molecular formula is C20H16N4O5S. The van der Waals surface area contributed by atoms with Gasteiger partial charge in [0.25, 0.3) is 15.7 Å². The van der Waals surface area contributed by atoms with Crippen molar-refractivity contribution in [3.63, 3.8) is 0 Å². The van der Waals surface area contributed by atoms with Crippen molar-refractivity contribution in [3.05, 3.63) is 83.2 Å². The lowest BCUT2D eigenvalue weighted by Gasteiger charge is -2.12. The van der Waals surface area contributed by atoms with E-state index in [0.29, 0.717) is 5.69 Å². The third kappa shape index (κ3) is 3.55. The number of fused-ring (bicyclic) bond motifs is 1. The van der Waals surface area contributed by atoms with Crippen LogP contribution in [0.3, 0.4) is 0 Å². The van der Waals surface area contributed by atoms with Gasteiger partial charge in [-0.3, -0.25) is 19.4 Å². The smallest absolute Gasteiger partial charge is 0.271 e. The summed E-state index contributed by atoms with van der Waals surface area (Å²) in [6, 6.07) is 17.8. The van der Waals surface area contributed by atoms with Gasteiger partial charge in [0.2, 0.25) is 0 Å². The van der Waals surface area contributed by atoms with E-state index in [1.165, 1.54) is 19.2 Å². The average molecular weight is 424 g/mol. The Kier molecular flexibility index (Phi) is 4.84. The predicted molar refractivity (Wildman–Crippen MR) is 112 cm³/mol. The predicted octanol–water partition coefficient (Wildman–Crippen LogP) is 3.74. The second-order valence-electron chi connectivity index (χ2n) is 6.35. The minimum atomic E-state index is -4.11. The zero-order valence-electron chi connectivity index (χ0n) is 15.7. The molecule has 0 unspecified atom stereocenters. The van der Waals surface area contributed by atoms with E-state index < -0.39 is 14.9 Å². The number of rotatable bonds is 6. The molecule has 0 radical (unpaired) electrons. The third-order valence-corrected chi connectivity index (χ3v) is 5.90. The van der Waals surface area contributed by atoms with Crippen LogP contribution in [0.25, 0.3) is 16.7 Å². The van der Waals surface area contributed by atoms with Crippen molar-refractivity contribution < 1.29 is 18.1 Å². The number of nitrogens with zero attached hydrogens (tertiary/aromatic N) is 3. The van der Waals surface area contributed by atoms with Gasteiger partial charge in [-0.2, -0.15) is 0 Å². The van der Waals surface area contributed by atoms with Gasteiger partial charge in [-0.15, -0.1) is 0 Å². The van der Waals surface area contributed by atoms with Gasteiger partial charge in [-0.05, 0) is 42.5 Å². The summed E-state index contributed by atoms with van der Waals surface area (Å²) < 4.78 is 35.0. The van der Waals surface area contributed by atoms with Crippen molar-refractivity contribution in [2.75, 3.05) is 11.8 Å². The zero-order valence-corrected chi connectivity index (χ0v) is 16.5. The van der Waals surface area contributed by atoms with E-state index in [9.17, 15) is 18.5 Å². The van der Waals surface area contributed by atoms with Crippen LogP contribution in [0.4, 0.5) is 11.4 Å². The molecule has 0 saturated carbocycles. The normalized spacial score (nSPS) is 11.4. The van der Waals surface area contributed by atoms with Crippen molar-refractivity contribution in [1.82, 2.24) is 9.55 Å². The van der Waals surface area contributed by atoms with Gasteiger partial charge < -0.3 is 4.74 Å². The molecule has 152 valence electrons. The van der Waals surface area contributed by atoms with Crippen LogP contribution >= 0.6 is 0 Å². The number of ether oxygens (including phenoxy) is 1. The fraction of sp³-hybridized carbons (Fsp3) is 0.0500. The molecule has 0 fully saturated rings. The molecule has 0 amide bonds. The maximum atomic E-state index is 12.8. The molecule has 0 atom stereocenters. The SMILES string of the molecule is COc1ccc([N+](=O)[O-])cc1S(=O)(=O)Nc1ccc(-n2cnc3ccccc32)cc1. The second-order valence-corrected chi connectivity index (χ2v) is 8.00. The van der Waals surface area contributed by atoms with Crippen molar-refractivity contribution in [3.8, 4) is 11.4 Å². The molecular weight excluding hydrogens is 408 g/mol. The molecule has 0 aliphatic rings. The number of methoxy groups -OCH3 is 1. The molecule has 4 aromatic rings. The highest BCUT2D eigenvalue weighted by atomic mass is 32.2. The molecule has 1 aromatic heterocycles. The minimum Gasteiger partial charge on any atom is -0.495 e. The van der Waals surface area contributed by atoms with Crippen molar-refractivity contribution in [1.29, 1.82) is 0 Å². The first kappa shape index (κ1) is 19.4. The van der Waals surface area contributed by atoms with E-state index in [0.717, 1.165) is 22.8 Å². The Morgan fingerprint density at radius 1 is 1.07 bits per heavy atom. The Labute approximate surface area is 171 Å². The van der Waals surface area contributed by atoms with Crippen LogP contribution in [0.15, 0.2) is 78.0 Å². The summed E-state index contributed by atoms with van der Waals surface area (Å²) in [5.74, 6) is 0.00889. The monoisotopic (exact) mass is 424 g/mol. The lowest BCUT2D eigenvalue weighted by molar-refractivity contribution is -0.385. The molecule has 3 aromatic carbocycles. The van der Waals surface area contributed by atoms with E-state index in [-0.39, 0.29) is 16.3 Å². The molecule has 9 nitrogen and oxygen atoms in total. The largest absolute Gasteiger partial charge is 0.495 e. The second kappa shape index (κ2) is 7.48. The number of aromatic nitrogens is 2. The molecule has 1 N–H and O–H groups in total. The summed E-state index contributed by atoms with van der Waals surface area (Å²) in [7, 11) is -2.82. The topological polar surface area (TPSA) is 116 Å². The number of nitrogens with one attached hydrogen (secondary N) is 1. The number of sulfonamides is 1. The molecule has 0 bridgehead atoms. The van der Waals surface area contributed by atoms with E-state index in [2.05, 4.69) is 9.71 Å². The van der Waals surface area contributed by atoms with E-state index in [1.807, 2.05) is 28.8 Å². The van der Waals surface area contributed by atoms with Gasteiger partial charge in [0.05, 0.1) is 23.1 Å². The lowest BCUT2D eigenvalue weighted by Crippen LogP contribution is -2.14. The number of benzene rings is 3. The number of anilines is 1. The lowest BCUT2D eigenvalue weighted by atomic mass is 10.2. The molecule has 4 rings (SSSR count). The minimum absolute atomic E-state index is 0.00889. The Morgan fingerprint density at radius 3 is 2.50 bits per heavy atom. The highest BCUT2D eigenvalue weighted by Crippen LogP contribution is 2.30. The van der Waals surface area contributed by atoms with Gasteiger partial charge in [0, 0.05) is 23.5 Å². The summed E-state index contributed by atoms with van der Waals surface area (Å²) in [5.41, 5.74) is 2.53. The van der Waals surface area contributed by atoms with Crippen LogP contribution < -0.4 is 9.46 Å². The van der Waals surface area contributed by atoms with Gasteiger partial charge in [-0.1, -0.05) is 12.1 Å². The Balaban J connectivity index is 1.65. The molecule has 0 saturated heterocycles. The van der Waals surface area contributed by atoms with E-state index >= 15 is 0 Å². The summed E-state index contributed by atoms with van der Waals surface area (Å²) >= 11 is 0. The third-order valence-electron chi connectivity index (χ3n) is 4.50. The van der Waals surface area contributed by atoms with E-state index in [4.69, 9.17) is 4.74 Å². The number of para-hydroxylation sites is 2. The quantitative estimate of drug-likeness (QED) is 0.372. The maximum Gasteiger partial charge on any atom is 0.271 e. The fourth-order valence-corrected chi connectivity index (χ4v) is 4.30. The van der Waals surface area contributed by atoms with Crippen LogP contribution in [-0.2, 0) is 10.0 Å². The van der Waals surface area contributed by atoms with Crippen LogP contribution in [0, 0.1) is 10.1 Å². The molecule has 0 spiro atoms. The summed E-state index contributed by atoms with van der Waals surface area (Å²) in [6.07, 6.45) is 1.69. The zero-order chi connectivity index (χ0) is 21.3. The number of imidazole rings is 1. The van der Waals surface area contributed by atoms with Crippen LogP contribution in [0.1, 0.15) is 0 Å². The maximum absolute atomic E-state index is 12.8. The number of non-ortho nitro benzene ring substituents is 1. The van der Waals surface area contributed by atoms with E-state index in [1.54, 1.807) is 30.6 Å². The molecule has 0 aliphatic heterocycles. The standard InChI is InChI=1S/C20H16N4O5S/c1-29-19-11-10-16(24(25)26)12-20(19)30(27,28)22-14-6-8-15(9-7-14)23-13-21-17-4-2-3-5-18(17)23/h2-13,22H,1H3. The summed E-state index contributed by atoms with van der Waals surface area (Å²) in [6.45, 7) is 0. The Morgan fingerprint density at radius 2 is 1.80 bits per heavy atom. The highest BCUT2D eigenvalue weighted by molar-refractivity contribution is 7.92. The first-order valence-electron chi connectivity index (χ1n) is 8.77. The Hall–Kier alpha value is -3.92. The van der Waals surface area contributed by atoms with Gasteiger partial charge in [0.1, 0.15) is 17.0 Å². The first-order chi connectivity index (χ1) is 14.4. The Bertz CT molecular complexity index is 1350. The van der Waals surface area contributed by atoms with Gasteiger partial charge >= 0.3 is 0 Å². The van der Waals surface area contributed by atoms with Gasteiger partial charge in [-0.25, -0.2) is 13.4 Å². The fourth-order valence-electron chi connectivity index (χ4n) is 3.05. The number of hydrogen-bond donors (Lipinski definition) is 1. The van der Waals surface area contributed by atoms with Crippen LogP contribution in [0.2, 0.25) is 0 Å². The molecule has 1 heterocycles. The van der Waals surface area contributed by atoms with Crippen LogP contribution in [-0.4, -0.2) is 30.0 Å². The average Bonchev–Trinajstić information content (AvgIpc) is 3.17. The number of nitro benzene ring substituents is 1. The molecule has 30 heavy (non-hydrogen) atoms. The number of hydrogen-bond acceptors (Lipinski definition) is 6. The van der Waals surface area contributed by atoms with Crippen LogP contribution in [0.5, 0.6) is 5.75 Å². The summed E-state index contributed by atoms with van der Waals surface area (Å²) in [5, 5.41) is 11.0. The molecule has 0 aliphatic carbocycles. The highest BCUT2D eigenvalue weighted by Gasteiger charge is 2.23. The van der Waals surface area contributed by atoms with Crippen molar-refractivity contribution in [2.45, 2.75) is 4.90 Å². The van der Waals surface area contributed by atoms with Gasteiger partial charge in [0.15, 0.2) is 0 Å². The van der Waals surface area contributed by atoms with Crippen molar-refractivity contribution in [2.24, 2.45) is 0 Å². The van der Waals surface area contributed by atoms with Crippen molar-refractivity contribution >= 4 is 32.4 Å². The molecule has 10 heteroatoms. The first-order valence-corrected chi connectivity index (χ1v) is 10.2. The number of nitro groups is 1.